The SMILES string of the molecule is COc1cc(-c2nc(-c3ccc(CNC(C)=O)s3)no2)cc(OC)c1OC. The summed E-state index contributed by atoms with van der Waals surface area (Å²) >= 11 is 1.49. The second-order valence-corrected chi connectivity index (χ2v) is 6.68. The van der Waals surface area contributed by atoms with Crippen LogP contribution in [0.1, 0.15) is 11.8 Å². The van der Waals surface area contributed by atoms with Gasteiger partial charge in [-0.1, -0.05) is 5.16 Å². The van der Waals surface area contributed by atoms with Gasteiger partial charge in [0, 0.05) is 17.4 Å². The summed E-state index contributed by atoms with van der Waals surface area (Å²) < 4.78 is 21.4. The highest BCUT2D eigenvalue weighted by Crippen LogP contribution is 2.41. The van der Waals surface area contributed by atoms with Gasteiger partial charge in [-0.3, -0.25) is 4.79 Å². The van der Waals surface area contributed by atoms with E-state index in [-0.39, 0.29) is 5.91 Å². The van der Waals surface area contributed by atoms with Crippen molar-refractivity contribution in [3.05, 3.63) is 29.1 Å². The molecule has 0 bridgehead atoms. The number of carbonyl (C=O) groups excluding carboxylic acids is 1. The molecule has 27 heavy (non-hydrogen) atoms. The summed E-state index contributed by atoms with van der Waals surface area (Å²) in [5.41, 5.74) is 0.651. The maximum Gasteiger partial charge on any atom is 0.258 e. The first-order valence-electron chi connectivity index (χ1n) is 8.03. The summed E-state index contributed by atoms with van der Waals surface area (Å²) in [5, 5.41) is 6.81. The number of carbonyl (C=O) groups is 1. The van der Waals surface area contributed by atoms with Crippen LogP contribution in [-0.4, -0.2) is 37.4 Å². The number of hydrogen-bond acceptors (Lipinski definition) is 8. The highest BCUT2D eigenvalue weighted by molar-refractivity contribution is 7.15. The molecule has 2 aromatic heterocycles. The largest absolute Gasteiger partial charge is 0.493 e. The average molecular weight is 389 g/mol. The predicted octanol–water partition coefficient (Wildman–Crippen LogP) is 3.13. The number of benzene rings is 1. The Morgan fingerprint density at radius 2 is 1.85 bits per heavy atom. The van der Waals surface area contributed by atoms with E-state index >= 15 is 0 Å². The third-order valence-electron chi connectivity index (χ3n) is 3.73. The lowest BCUT2D eigenvalue weighted by molar-refractivity contribution is -0.119. The Kier molecular flexibility index (Phi) is 5.60. The Labute approximate surface area is 160 Å². The number of nitrogens with one attached hydrogen (secondary N) is 1. The Morgan fingerprint density at radius 3 is 2.44 bits per heavy atom. The van der Waals surface area contributed by atoms with Gasteiger partial charge in [0.25, 0.3) is 5.89 Å². The molecule has 142 valence electrons. The van der Waals surface area contributed by atoms with E-state index in [1.807, 2.05) is 12.1 Å². The van der Waals surface area contributed by atoms with Crippen LogP contribution in [-0.2, 0) is 11.3 Å². The lowest BCUT2D eigenvalue weighted by Gasteiger charge is -2.12. The highest BCUT2D eigenvalue weighted by Gasteiger charge is 2.18. The van der Waals surface area contributed by atoms with Crippen molar-refractivity contribution in [2.75, 3.05) is 21.3 Å². The smallest absolute Gasteiger partial charge is 0.258 e. The van der Waals surface area contributed by atoms with Crippen molar-refractivity contribution in [1.29, 1.82) is 0 Å². The second kappa shape index (κ2) is 8.09. The molecule has 1 amide bonds. The summed E-state index contributed by atoms with van der Waals surface area (Å²) in [6, 6.07) is 7.31. The lowest BCUT2D eigenvalue weighted by atomic mass is 10.2. The summed E-state index contributed by atoms with van der Waals surface area (Å²) in [7, 11) is 4.63. The fourth-order valence-corrected chi connectivity index (χ4v) is 3.32. The quantitative estimate of drug-likeness (QED) is 0.663. The van der Waals surface area contributed by atoms with Crippen LogP contribution in [0.2, 0.25) is 0 Å². The predicted molar refractivity (Wildman–Crippen MR) is 100 cm³/mol. The van der Waals surface area contributed by atoms with Gasteiger partial charge < -0.3 is 24.1 Å². The number of thiophene rings is 1. The van der Waals surface area contributed by atoms with Gasteiger partial charge in [0.2, 0.25) is 17.5 Å². The molecule has 0 unspecified atom stereocenters. The molecule has 0 saturated heterocycles. The minimum Gasteiger partial charge on any atom is -0.493 e. The van der Waals surface area contributed by atoms with Crippen LogP contribution >= 0.6 is 11.3 Å². The number of rotatable bonds is 7. The van der Waals surface area contributed by atoms with Gasteiger partial charge in [0.1, 0.15) is 0 Å². The van der Waals surface area contributed by atoms with E-state index in [1.54, 1.807) is 33.5 Å². The van der Waals surface area contributed by atoms with E-state index in [0.717, 1.165) is 9.75 Å². The number of methoxy groups -OCH3 is 3. The Hall–Kier alpha value is -3.07. The first-order valence-corrected chi connectivity index (χ1v) is 8.85. The average Bonchev–Trinajstić information content (AvgIpc) is 3.34. The summed E-state index contributed by atoms with van der Waals surface area (Å²) in [4.78, 5) is 17.3. The van der Waals surface area contributed by atoms with Crippen LogP contribution in [0.3, 0.4) is 0 Å². The minimum atomic E-state index is -0.0748. The number of hydrogen-bond donors (Lipinski definition) is 1. The zero-order chi connectivity index (χ0) is 19.4. The molecule has 0 atom stereocenters. The third-order valence-corrected chi connectivity index (χ3v) is 4.81. The van der Waals surface area contributed by atoms with E-state index in [2.05, 4.69) is 15.5 Å². The van der Waals surface area contributed by atoms with Crippen LogP contribution < -0.4 is 19.5 Å². The molecular weight excluding hydrogens is 370 g/mol. The molecule has 1 aromatic carbocycles. The van der Waals surface area contributed by atoms with Gasteiger partial charge in [0.05, 0.1) is 32.8 Å². The van der Waals surface area contributed by atoms with Gasteiger partial charge in [-0.15, -0.1) is 11.3 Å². The Bertz CT molecular complexity index is 925. The molecule has 3 rings (SSSR count). The molecule has 0 saturated carbocycles. The molecule has 3 aromatic rings. The van der Waals surface area contributed by atoms with E-state index in [9.17, 15) is 4.79 Å². The van der Waals surface area contributed by atoms with Gasteiger partial charge in [0.15, 0.2) is 11.5 Å². The summed E-state index contributed by atoms with van der Waals surface area (Å²) in [6.45, 7) is 1.95. The van der Waals surface area contributed by atoms with Crippen molar-refractivity contribution in [1.82, 2.24) is 15.5 Å². The molecule has 1 N–H and O–H groups in total. The molecule has 0 fully saturated rings. The molecule has 0 radical (unpaired) electrons. The van der Waals surface area contributed by atoms with E-state index in [0.29, 0.717) is 41.1 Å². The number of ether oxygens (including phenoxy) is 3. The Morgan fingerprint density at radius 1 is 1.15 bits per heavy atom. The fraction of sp³-hybridized carbons (Fsp3) is 0.278. The molecule has 0 aliphatic rings. The maximum atomic E-state index is 11.0. The summed E-state index contributed by atoms with van der Waals surface area (Å²) in [6.07, 6.45) is 0. The first kappa shape index (κ1) is 18.7. The zero-order valence-electron chi connectivity index (χ0n) is 15.4. The van der Waals surface area contributed by atoms with Gasteiger partial charge in [-0.2, -0.15) is 4.98 Å². The molecule has 2 heterocycles. The number of amides is 1. The van der Waals surface area contributed by atoms with Crippen molar-refractivity contribution in [3.63, 3.8) is 0 Å². The molecule has 0 aliphatic carbocycles. The zero-order valence-corrected chi connectivity index (χ0v) is 16.2. The molecule has 0 spiro atoms. The van der Waals surface area contributed by atoms with Crippen LogP contribution in [0.4, 0.5) is 0 Å². The maximum absolute atomic E-state index is 11.0. The van der Waals surface area contributed by atoms with Gasteiger partial charge in [-0.25, -0.2) is 0 Å². The lowest BCUT2D eigenvalue weighted by Crippen LogP contribution is -2.17. The van der Waals surface area contributed by atoms with Crippen molar-refractivity contribution in [2.45, 2.75) is 13.5 Å². The number of aromatic nitrogens is 2. The molecular formula is C18H19N3O5S. The minimum absolute atomic E-state index is 0.0748. The molecule has 9 heteroatoms. The fourth-order valence-electron chi connectivity index (χ4n) is 2.45. The molecule has 8 nitrogen and oxygen atoms in total. The third kappa shape index (κ3) is 4.03. The first-order chi connectivity index (χ1) is 13.0. The van der Waals surface area contributed by atoms with Crippen LogP contribution in [0, 0.1) is 0 Å². The monoisotopic (exact) mass is 389 g/mol. The summed E-state index contributed by atoms with van der Waals surface area (Å²) in [5.74, 6) is 2.22. The van der Waals surface area contributed by atoms with E-state index in [1.165, 1.54) is 18.3 Å². The Balaban J connectivity index is 1.89. The van der Waals surface area contributed by atoms with E-state index in [4.69, 9.17) is 18.7 Å². The van der Waals surface area contributed by atoms with Crippen molar-refractivity contribution < 1.29 is 23.5 Å². The topological polar surface area (TPSA) is 95.7 Å². The number of nitrogens with zero attached hydrogens (tertiary/aromatic N) is 2. The van der Waals surface area contributed by atoms with Crippen LogP contribution in [0.25, 0.3) is 22.2 Å². The normalized spacial score (nSPS) is 10.5. The highest BCUT2D eigenvalue weighted by atomic mass is 32.1. The molecule has 0 aliphatic heterocycles. The van der Waals surface area contributed by atoms with Crippen molar-refractivity contribution in [3.8, 4) is 39.4 Å². The standard InChI is InChI=1S/C18H19N3O5S/c1-10(22)19-9-12-5-6-15(27-12)17-20-18(26-21-17)11-7-13(23-2)16(25-4)14(8-11)24-3/h5-8H,9H2,1-4H3,(H,19,22). The van der Waals surface area contributed by atoms with Gasteiger partial charge >= 0.3 is 0 Å². The van der Waals surface area contributed by atoms with Crippen LogP contribution in [0.5, 0.6) is 17.2 Å². The van der Waals surface area contributed by atoms with Crippen molar-refractivity contribution >= 4 is 17.2 Å². The van der Waals surface area contributed by atoms with Crippen LogP contribution in [0.15, 0.2) is 28.8 Å². The van der Waals surface area contributed by atoms with E-state index < -0.39 is 0 Å². The van der Waals surface area contributed by atoms with Crippen molar-refractivity contribution in [2.24, 2.45) is 0 Å². The second-order valence-electron chi connectivity index (χ2n) is 5.51. The van der Waals surface area contributed by atoms with Gasteiger partial charge in [-0.05, 0) is 24.3 Å².